The van der Waals surface area contributed by atoms with Crippen LogP contribution in [0.3, 0.4) is 0 Å². The van der Waals surface area contributed by atoms with Crippen molar-refractivity contribution < 1.29 is 12.8 Å². The SMILES string of the molecule is CNCCc1ccc(S(=O)(=O)N(C)Cc2ccco2)s1. The fourth-order valence-corrected chi connectivity index (χ4v) is 4.44. The van der Waals surface area contributed by atoms with E-state index >= 15 is 0 Å². The fraction of sp³-hybridized carbons (Fsp3) is 0.385. The van der Waals surface area contributed by atoms with Crippen molar-refractivity contribution in [1.82, 2.24) is 9.62 Å². The van der Waals surface area contributed by atoms with Gasteiger partial charge >= 0.3 is 0 Å². The Morgan fingerprint density at radius 3 is 2.80 bits per heavy atom. The fourth-order valence-electron chi connectivity index (χ4n) is 1.74. The first-order valence-electron chi connectivity index (χ1n) is 6.26. The maximum Gasteiger partial charge on any atom is 0.252 e. The molecule has 0 spiro atoms. The van der Waals surface area contributed by atoms with Crippen LogP contribution in [0.15, 0.2) is 39.2 Å². The molecule has 0 saturated carbocycles. The molecule has 0 aromatic carbocycles. The van der Waals surface area contributed by atoms with Crippen molar-refractivity contribution in [1.29, 1.82) is 0 Å². The average Bonchev–Trinajstić information content (AvgIpc) is 3.07. The Bertz CT molecular complexity index is 632. The first kappa shape index (κ1) is 15.2. The van der Waals surface area contributed by atoms with E-state index < -0.39 is 10.0 Å². The van der Waals surface area contributed by atoms with Gasteiger partial charge < -0.3 is 9.73 Å². The molecular formula is C13H18N2O3S2. The number of hydrogen-bond donors (Lipinski definition) is 1. The van der Waals surface area contributed by atoms with Crippen molar-refractivity contribution in [2.45, 2.75) is 17.2 Å². The molecule has 2 heterocycles. The number of likely N-dealkylation sites (N-methyl/N-ethyl adjacent to an activating group) is 1. The van der Waals surface area contributed by atoms with Gasteiger partial charge in [-0.2, -0.15) is 4.31 Å². The van der Waals surface area contributed by atoms with E-state index in [0.717, 1.165) is 17.8 Å². The van der Waals surface area contributed by atoms with Crippen LogP contribution < -0.4 is 5.32 Å². The minimum Gasteiger partial charge on any atom is -0.468 e. The molecule has 20 heavy (non-hydrogen) atoms. The molecule has 0 aliphatic rings. The molecule has 2 aromatic rings. The van der Waals surface area contributed by atoms with E-state index in [-0.39, 0.29) is 6.54 Å². The lowest BCUT2D eigenvalue weighted by Gasteiger charge is -2.14. The van der Waals surface area contributed by atoms with Crippen LogP contribution in [0.4, 0.5) is 0 Å². The van der Waals surface area contributed by atoms with Gasteiger partial charge in [0.2, 0.25) is 0 Å². The molecular weight excluding hydrogens is 296 g/mol. The lowest BCUT2D eigenvalue weighted by atomic mass is 10.3. The molecule has 0 fully saturated rings. The number of nitrogens with one attached hydrogen (secondary N) is 1. The summed E-state index contributed by atoms with van der Waals surface area (Å²) in [5, 5.41) is 3.05. The van der Waals surface area contributed by atoms with Crippen LogP contribution in [0, 0.1) is 0 Å². The van der Waals surface area contributed by atoms with E-state index in [2.05, 4.69) is 5.32 Å². The second-order valence-electron chi connectivity index (χ2n) is 4.41. The Labute approximate surface area is 123 Å². The van der Waals surface area contributed by atoms with Crippen molar-refractivity contribution >= 4 is 21.4 Å². The number of sulfonamides is 1. The molecule has 2 rings (SSSR count). The summed E-state index contributed by atoms with van der Waals surface area (Å²) in [6, 6.07) is 7.05. The van der Waals surface area contributed by atoms with Crippen molar-refractivity contribution in [3.05, 3.63) is 41.2 Å². The van der Waals surface area contributed by atoms with Crippen molar-refractivity contribution in [2.75, 3.05) is 20.6 Å². The molecule has 5 nitrogen and oxygen atoms in total. The third kappa shape index (κ3) is 3.49. The van der Waals surface area contributed by atoms with E-state index in [1.165, 1.54) is 21.9 Å². The van der Waals surface area contributed by atoms with Gasteiger partial charge in [-0.15, -0.1) is 11.3 Å². The standard InChI is InChI=1S/C13H18N2O3S2/c1-14-8-7-12-5-6-13(19-12)20(16,17)15(2)10-11-4-3-9-18-11/h3-6,9,14H,7-8,10H2,1-2H3. The molecule has 110 valence electrons. The molecule has 1 N–H and O–H groups in total. The largest absolute Gasteiger partial charge is 0.468 e. The van der Waals surface area contributed by atoms with Gasteiger partial charge in [0.25, 0.3) is 10.0 Å². The summed E-state index contributed by atoms with van der Waals surface area (Å²) >= 11 is 1.32. The Morgan fingerprint density at radius 2 is 2.15 bits per heavy atom. The minimum atomic E-state index is -3.45. The number of thiophene rings is 1. The smallest absolute Gasteiger partial charge is 0.252 e. The first-order valence-corrected chi connectivity index (χ1v) is 8.51. The van der Waals surface area contributed by atoms with Crippen LogP contribution >= 0.6 is 11.3 Å². The predicted octanol–water partition coefficient (Wildman–Crippen LogP) is 1.92. The van der Waals surface area contributed by atoms with Gasteiger partial charge in [-0.1, -0.05) is 0 Å². The summed E-state index contributed by atoms with van der Waals surface area (Å²) in [4.78, 5) is 1.06. The maximum absolute atomic E-state index is 12.4. The zero-order valence-electron chi connectivity index (χ0n) is 11.5. The topological polar surface area (TPSA) is 62.6 Å². The highest BCUT2D eigenvalue weighted by atomic mass is 32.2. The van der Waals surface area contributed by atoms with Crippen LogP contribution in [-0.2, 0) is 23.0 Å². The Morgan fingerprint density at radius 1 is 1.35 bits per heavy atom. The first-order chi connectivity index (χ1) is 9.54. The minimum absolute atomic E-state index is 0.235. The zero-order valence-corrected chi connectivity index (χ0v) is 13.1. The van der Waals surface area contributed by atoms with Gasteiger partial charge in [-0.3, -0.25) is 0 Å². The summed E-state index contributed by atoms with van der Waals surface area (Å²) in [7, 11) is -0.0101. The van der Waals surface area contributed by atoms with Crippen LogP contribution in [0.1, 0.15) is 10.6 Å². The monoisotopic (exact) mass is 314 g/mol. The van der Waals surface area contributed by atoms with Crippen LogP contribution in [0.25, 0.3) is 0 Å². The predicted molar refractivity (Wildman–Crippen MR) is 79.3 cm³/mol. The van der Waals surface area contributed by atoms with Gasteiger partial charge in [0.15, 0.2) is 0 Å². The molecule has 0 amide bonds. The van der Waals surface area contributed by atoms with Gasteiger partial charge in [0, 0.05) is 11.9 Å². The molecule has 2 aromatic heterocycles. The molecule has 0 aliphatic carbocycles. The van der Waals surface area contributed by atoms with E-state index in [0.29, 0.717) is 9.97 Å². The maximum atomic E-state index is 12.4. The zero-order chi connectivity index (χ0) is 14.6. The highest BCUT2D eigenvalue weighted by Crippen LogP contribution is 2.25. The number of rotatable bonds is 7. The van der Waals surface area contributed by atoms with Crippen molar-refractivity contribution in [2.24, 2.45) is 0 Å². The van der Waals surface area contributed by atoms with Gasteiger partial charge in [0.1, 0.15) is 9.97 Å². The second kappa shape index (κ2) is 6.53. The Hall–Kier alpha value is -1.15. The van der Waals surface area contributed by atoms with Crippen LogP contribution in [0.2, 0.25) is 0 Å². The molecule has 0 aliphatic heterocycles. The van der Waals surface area contributed by atoms with E-state index in [9.17, 15) is 8.42 Å². The van der Waals surface area contributed by atoms with Crippen LogP contribution in [0.5, 0.6) is 0 Å². The normalized spacial score (nSPS) is 12.2. The number of hydrogen-bond acceptors (Lipinski definition) is 5. The highest BCUT2D eigenvalue weighted by Gasteiger charge is 2.23. The molecule has 0 bridgehead atoms. The molecule has 7 heteroatoms. The molecule has 0 atom stereocenters. The summed E-state index contributed by atoms with van der Waals surface area (Å²) in [6.07, 6.45) is 2.37. The summed E-state index contributed by atoms with van der Waals surface area (Å²) in [5.41, 5.74) is 0. The lowest BCUT2D eigenvalue weighted by molar-refractivity contribution is 0.407. The van der Waals surface area contributed by atoms with E-state index in [4.69, 9.17) is 4.42 Å². The highest BCUT2D eigenvalue weighted by molar-refractivity contribution is 7.91. The Balaban J connectivity index is 2.10. The van der Waals surface area contributed by atoms with Gasteiger partial charge in [-0.25, -0.2) is 8.42 Å². The van der Waals surface area contributed by atoms with E-state index in [1.54, 1.807) is 25.2 Å². The second-order valence-corrected chi connectivity index (χ2v) is 7.85. The third-order valence-corrected chi connectivity index (χ3v) is 6.30. The van der Waals surface area contributed by atoms with Crippen LogP contribution in [-0.4, -0.2) is 33.4 Å². The summed E-state index contributed by atoms with van der Waals surface area (Å²) < 4.78 is 31.7. The van der Waals surface area contributed by atoms with Gasteiger partial charge in [-0.05, 0) is 44.3 Å². The molecule has 0 saturated heterocycles. The quantitative estimate of drug-likeness (QED) is 0.848. The Kier molecular flexibility index (Phi) is 4.98. The van der Waals surface area contributed by atoms with Gasteiger partial charge in [0.05, 0.1) is 12.8 Å². The number of furan rings is 1. The van der Waals surface area contributed by atoms with Crippen molar-refractivity contribution in [3.8, 4) is 0 Å². The molecule has 0 radical (unpaired) electrons. The summed E-state index contributed by atoms with van der Waals surface area (Å²) in [5.74, 6) is 0.628. The average molecular weight is 314 g/mol. The van der Waals surface area contributed by atoms with E-state index in [1.807, 2.05) is 13.1 Å². The summed E-state index contributed by atoms with van der Waals surface area (Å²) in [6.45, 7) is 1.07. The lowest BCUT2D eigenvalue weighted by Crippen LogP contribution is -2.25. The third-order valence-electron chi connectivity index (χ3n) is 2.88. The number of nitrogens with zero attached hydrogens (tertiary/aromatic N) is 1. The molecule has 0 unspecified atom stereocenters. The van der Waals surface area contributed by atoms with Crippen molar-refractivity contribution in [3.63, 3.8) is 0 Å².